The minimum atomic E-state index is -0.554. The molecule has 0 bridgehead atoms. The quantitative estimate of drug-likeness (QED) is 0.815. The van der Waals surface area contributed by atoms with Crippen LogP contribution in [0.5, 0.6) is 0 Å². The number of rotatable bonds is 6. The highest BCUT2D eigenvalue weighted by atomic mass is 16.2. The second kappa shape index (κ2) is 8.94. The molecule has 0 spiro atoms. The Labute approximate surface area is 153 Å². The summed E-state index contributed by atoms with van der Waals surface area (Å²) >= 11 is 0. The van der Waals surface area contributed by atoms with Gasteiger partial charge in [0.05, 0.1) is 0 Å². The third kappa shape index (κ3) is 5.02. The van der Waals surface area contributed by atoms with Gasteiger partial charge >= 0.3 is 0 Å². The molecule has 1 aliphatic rings. The molecular weight excluding hydrogens is 326 g/mol. The lowest BCUT2D eigenvalue weighted by Crippen LogP contribution is -2.48. The van der Waals surface area contributed by atoms with Gasteiger partial charge in [-0.25, -0.2) is 0 Å². The van der Waals surface area contributed by atoms with Crippen LogP contribution in [-0.4, -0.2) is 40.8 Å². The van der Waals surface area contributed by atoms with E-state index in [1.807, 2.05) is 47.4 Å². The van der Waals surface area contributed by atoms with E-state index in [4.69, 9.17) is 0 Å². The van der Waals surface area contributed by atoms with Gasteiger partial charge in [0.2, 0.25) is 11.8 Å². The fourth-order valence-electron chi connectivity index (χ4n) is 3.07. The van der Waals surface area contributed by atoms with Gasteiger partial charge in [-0.1, -0.05) is 36.4 Å². The summed E-state index contributed by atoms with van der Waals surface area (Å²) in [6, 6.07) is 12.9. The summed E-state index contributed by atoms with van der Waals surface area (Å²) in [5.74, 6) is -0.281. The maximum absolute atomic E-state index is 12.8. The van der Waals surface area contributed by atoms with Gasteiger partial charge in [0.25, 0.3) is 0 Å². The van der Waals surface area contributed by atoms with E-state index in [9.17, 15) is 9.59 Å². The number of nitrogens with one attached hydrogen (secondary N) is 1. The highest BCUT2D eigenvalue weighted by Gasteiger charge is 2.27. The molecule has 0 unspecified atom stereocenters. The first-order chi connectivity index (χ1) is 12.7. The van der Waals surface area contributed by atoms with E-state index in [2.05, 4.69) is 10.3 Å². The maximum atomic E-state index is 12.8. The topological polar surface area (TPSA) is 62.3 Å². The first-order valence-electron chi connectivity index (χ1n) is 8.94. The molecule has 5 nitrogen and oxygen atoms in total. The zero-order valence-corrected chi connectivity index (χ0v) is 14.7. The number of hydrogen-bond acceptors (Lipinski definition) is 3. The van der Waals surface area contributed by atoms with Crippen LogP contribution in [-0.2, 0) is 16.0 Å². The minimum Gasteiger partial charge on any atom is -0.341 e. The highest BCUT2D eigenvalue weighted by molar-refractivity contribution is 5.95. The van der Waals surface area contributed by atoms with Gasteiger partial charge in [0.15, 0.2) is 0 Å². The molecule has 3 rings (SSSR count). The lowest BCUT2D eigenvalue weighted by molar-refractivity contribution is -0.134. The Balaban J connectivity index is 1.68. The molecule has 1 saturated heterocycles. The van der Waals surface area contributed by atoms with Gasteiger partial charge in [0.1, 0.15) is 6.04 Å². The van der Waals surface area contributed by atoms with Crippen molar-refractivity contribution in [2.24, 2.45) is 0 Å². The summed E-state index contributed by atoms with van der Waals surface area (Å²) in [5, 5.41) is 2.88. The molecule has 1 atom stereocenters. The van der Waals surface area contributed by atoms with Crippen molar-refractivity contribution in [1.82, 2.24) is 15.2 Å². The maximum Gasteiger partial charge on any atom is 0.245 e. The number of likely N-dealkylation sites (tertiary alicyclic amines) is 1. The number of aromatic nitrogens is 1. The largest absolute Gasteiger partial charge is 0.341 e. The zero-order chi connectivity index (χ0) is 18.2. The Bertz CT molecular complexity index is 753. The molecule has 1 N–H and O–H groups in total. The third-order valence-electron chi connectivity index (χ3n) is 4.43. The Morgan fingerprint density at radius 2 is 1.88 bits per heavy atom. The molecule has 0 radical (unpaired) electrons. The number of benzene rings is 1. The van der Waals surface area contributed by atoms with Gasteiger partial charge in [-0.05, 0) is 36.1 Å². The van der Waals surface area contributed by atoms with Crippen LogP contribution in [0.3, 0.4) is 0 Å². The van der Waals surface area contributed by atoms with Crippen molar-refractivity contribution in [3.63, 3.8) is 0 Å². The van der Waals surface area contributed by atoms with Crippen LogP contribution in [0.25, 0.3) is 6.08 Å². The van der Waals surface area contributed by atoms with E-state index in [1.165, 1.54) is 6.08 Å². The van der Waals surface area contributed by atoms with E-state index in [0.29, 0.717) is 6.42 Å². The molecule has 5 heteroatoms. The fraction of sp³-hybridized carbons (Fsp3) is 0.286. The van der Waals surface area contributed by atoms with Gasteiger partial charge in [-0.15, -0.1) is 0 Å². The molecule has 1 aromatic carbocycles. The average molecular weight is 349 g/mol. The van der Waals surface area contributed by atoms with Gasteiger partial charge in [0, 0.05) is 38.0 Å². The van der Waals surface area contributed by atoms with Crippen LogP contribution in [0.4, 0.5) is 0 Å². The predicted molar refractivity (Wildman–Crippen MR) is 101 cm³/mol. The SMILES string of the molecule is O=C(/C=C\c1cccnc1)N[C@@H](Cc1ccccc1)C(=O)N1CCCC1. The van der Waals surface area contributed by atoms with Crippen LogP contribution >= 0.6 is 0 Å². The average Bonchev–Trinajstić information content (AvgIpc) is 3.22. The van der Waals surface area contributed by atoms with Gasteiger partial charge < -0.3 is 10.2 Å². The standard InChI is InChI=1S/C21H23N3O2/c25-20(11-10-18-9-6-12-22-16-18)23-19(15-17-7-2-1-3-8-17)21(26)24-13-4-5-14-24/h1-3,6-12,16,19H,4-5,13-15H2,(H,23,25)/b11-10-/t19-/m0/s1. The Hall–Kier alpha value is -2.95. The van der Waals surface area contributed by atoms with Crippen LogP contribution in [0, 0.1) is 0 Å². The first-order valence-corrected chi connectivity index (χ1v) is 8.94. The number of hydrogen-bond donors (Lipinski definition) is 1. The molecule has 0 aliphatic carbocycles. The summed E-state index contributed by atoms with van der Waals surface area (Å²) in [6.45, 7) is 1.54. The molecule has 26 heavy (non-hydrogen) atoms. The van der Waals surface area contributed by atoms with Crippen molar-refractivity contribution >= 4 is 17.9 Å². The van der Waals surface area contributed by atoms with E-state index >= 15 is 0 Å². The van der Waals surface area contributed by atoms with Crippen molar-refractivity contribution in [3.8, 4) is 0 Å². The Kier molecular flexibility index (Phi) is 6.14. The van der Waals surface area contributed by atoms with Gasteiger partial charge in [-0.2, -0.15) is 0 Å². The second-order valence-corrected chi connectivity index (χ2v) is 6.40. The Morgan fingerprint density at radius 1 is 1.12 bits per heavy atom. The number of amides is 2. The van der Waals surface area contributed by atoms with Crippen LogP contribution in [0.2, 0.25) is 0 Å². The van der Waals surface area contributed by atoms with Crippen molar-refractivity contribution in [2.75, 3.05) is 13.1 Å². The normalized spacial score (nSPS) is 15.2. The number of pyridine rings is 1. The smallest absolute Gasteiger partial charge is 0.245 e. The molecule has 0 saturated carbocycles. The lowest BCUT2D eigenvalue weighted by atomic mass is 10.0. The van der Waals surface area contributed by atoms with E-state index in [0.717, 1.165) is 37.1 Å². The number of carbonyl (C=O) groups is 2. The monoisotopic (exact) mass is 349 g/mol. The molecule has 1 fully saturated rings. The predicted octanol–water partition coefficient (Wildman–Crippen LogP) is 2.44. The van der Waals surface area contributed by atoms with E-state index in [1.54, 1.807) is 18.5 Å². The van der Waals surface area contributed by atoms with E-state index < -0.39 is 6.04 Å². The van der Waals surface area contributed by atoms with Crippen molar-refractivity contribution in [1.29, 1.82) is 0 Å². The van der Waals surface area contributed by atoms with Crippen molar-refractivity contribution in [2.45, 2.75) is 25.3 Å². The van der Waals surface area contributed by atoms with Crippen LogP contribution in [0.1, 0.15) is 24.0 Å². The summed E-state index contributed by atoms with van der Waals surface area (Å²) < 4.78 is 0. The number of carbonyl (C=O) groups excluding carboxylic acids is 2. The molecule has 2 aromatic rings. The van der Waals surface area contributed by atoms with Crippen molar-refractivity contribution in [3.05, 3.63) is 72.1 Å². The summed E-state index contributed by atoms with van der Waals surface area (Å²) in [6.07, 6.45) is 9.05. The molecule has 1 aromatic heterocycles. The molecule has 2 heterocycles. The van der Waals surface area contributed by atoms with Gasteiger partial charge in [-0.3, -0.25) is 14.6 Å². The summed E-state index contributed by atoms with van der Waals surface area (Å²) in [7, 11) is 0. The summed E-state index contributed by atoms with van der Waals surface area (Å²) in [5.41, 5.74) is 1.87. The Morgan fingerprint density at radius 3 is 2.58 bits per heavy atom. The minimum absolute atomic E-state index is 0.00511. The molecule has 1 aliphatic heterocycles. The molecule has 134 valence electrons. The molecular formula is C21H23N3O2. The highest BCUT2D eigenvalue weighted by Crippen LogP contribution is 2.12. The summed E-state index contributed by atoms with van der Waals surface area (Å²) in [4.78, 5) is 31.0. The van der Waals surface area contributed by atoms with E-state index in [-0.39, 0.29) is 11.8 Å². The fourth-order valence-corrected chi connectivity index (χ4v) is 3.07. The zero-order valence-electron chi connectivity index (χ0n) is 14.7. The van der Waals surface area contributed by atoms with Crippen molar-refractivity contribution < 1.29 is 9.59 Å². The lowest BCUT2D eigenvalue weighted by Gasteiger charge is -2.23. The van der Waals surface area contributed by atoms with Crippen LogP contribution in [0.15, 0.2) is 60.9 Å². The third-order valence-corrected chi connectivity index (χ3v) is 4.43. The molecule has 2 amide bonds. The van der Waals surface area contributed by atoms with Crippen LogP contribution < -0.4 is 5.32 Å². The second-order valence-electron chi connectivity index (χ2n) is 6.40. The first kappa shape index (κ1) is 17.9. The number of nitrogens with zero attached hydrogens (tertiary/aromatic N) is 2.